The molecule has 0 fully saturated rings. The minimum atomic E-state index is 0.474. The number of aromatic nitrogens is 2. The number of nitrogens with zero attached hydrogens (tertiary/aromatic N) is 2. The molecule has 0 atom stereocenters. The van der Waals surface area contributed by atoms with Crippen molar-refractivity contribution in [3.63, 3.8) is 0 Å². The van der Waals surface area contributed by atoms with Crippen LogP contribution in [0.15, 0.2) is 36.4 Å². The van der Waals surface area contributed by atoms with Crippen molar-refractivity contribution in [2.24, 2.45) is 5.73 Å². The van der Waals surface area contributed by atoms with Crippen LogP contribution in [-0.2, 0) is 19.4 Å². The second kappa shape index (κ2) is 5.55. The van der Waals surface area contributed by atoms with Crippen LogP contribution in [0.2, 0.25) is 0 Å². The maximum absolute atomic E-state index is 5.60. The van der Waals surface area contributed by atoms with E-state index in [0.717, 1.165) is 30.1 Å². The minimum absolute atomic E-state index is 0.474. The third-order valence-electron chi connectivity index (χ3n) is 2.64. The van der Waals surface area contributed by atoms with Gasteiger partial charge in [0.05, 0.1) is 5.69 Å². The molecule has 0 amide bonds. The molecule has 0 bridgehead atoms. The van der Waals surface area contributed by atoms with Gasteiger partial charge in [0.15, 0.2) is 0 Å². The molecule has 0 aliphatic heterocycles. The third kappa shape index (κ3) is 3.36. The molecule has 3 heteroatoms. The highest BCUT2D eigenvalue weighted by Crippen LogP contribution is 2.06. The predicted octanol–water partition coefficient (Wildman–Crippen LogP) is 2.03. The van der Waals surface area contributed by atoms with E-state index < -0.39 is 0 Å². The average Bonchev–Trinajstić information content (AvgIpc) is 2.37. The zero-order chi connectivity index (χ0) is 12.1. The second-order valence-corrected chi connectivity index (χ2v) is 4.11. The van der Waals surface area contributed by atoms with E-state index in [1.807, 2.05) is 19.1 Å². The average molecular weight is 227 g/mol. The standard InChI is InChI=1S/C14H17N3/c1-11-9-13(10-15)17-14(16-11)8-7-12-5-3-2-4-6-12/h2-6,9H,7-8,10,15H2,1H3. The Bertz CT molecular complexity index is 480. The summed E-state index contributed by atoms with van der Waals surface area (Å²) in [5.74, 6) is 0.884. The molecule has 0 saturated heterocycles. The van der Waals surface area contributed by atoms with E-state index in [-0.39, 0.29) is 0 Å². The smallest absolute Gasteiger partial charge is 0.129 e. The molecule has 0 saturated carbocycles. The van der Waals surface area contributed by atoms with E-state index in [0.29, 0.717) is 6.54 Å². The Morgan fingerprint density at radius 1 is 1.06 bits per heavy atom. The summed E-state index contributed by atoms with van der Waals surface area (Å²) >= 11 is 0. The molecule has 0 spiro atoms. The molecule has 2 N–H and O–H groups in total. The first-order valence-electron chi connectivity index (χ1n) is 5.85. The molecule has 0 unspecified atom stereocenters. The van der Waals surface area contributed by atoms with Gasteiger partial charge >= 0.3 is 0 Å². The van der Waals surface area contributed by atoms with Crippen LogP contribution in [-0.4, -0.2) is 9.97 Å². The summed E-state index contributed by atoms with van der Waals surface area (Å²) in [6.07, 6.45) is 1.83. The quantitative estimate of drug-likeness (QED) is 0.869. The number of aryl methyl sites for hydroxylation is 3. The lowest BCUT2D eigenvalue weighted by molar-refractivity contribution is 0.815. The topological polar surface area (TPSA) is 51.8 Å². The Morgan fingerprint density at radius 2 is 1.82 bits per heavy atom. The molecule has 2 rings (SSSR count). The fourth-order valence-corrected chi connectivity index (χ4v) is 1.82. The Kier molecular flexibility index (Phi) is 3.83. The number of hydrogen-bond donors (Lipinski definition) is 1. The summed E-state index contributed by atoms with van der Waals surface area (Å²) in [7, 11) is 0. The van der Waals surface area contributed by atoms with Gasteiger partial charge in [0.1, 0.15) is 5.82 Å². The van der Waals surface area contributed by atoms with Gasteiger partial charge in [0, 0.05) is 18.7 Å². The molecule has 0 aliphatic carbocycles. The molecule has 17 heavy (non-hydrogen) atoms. The Morgan fingerprint density at radius 3 is 2.53 bits per heavy atom. The normalized spacial score (nSPS) is 10.5. The van der Waals surface area contributed by atoms with E-state index in [2.05, 4.69) is 34.2 Å². The van der Waals surface area contributed by atoms with E-state index in [4.69, 9.17) is 5.73 Å². The largest absolute Gasteiger partial charge is 0.325 e. The van der Waals surface area contributed by atoms with Gasteiger partial charge in [-0.05, 0) is 25.0 Å². The van der Waals surface area contributed by atoms with Gasteiger partial charge < -0.3 is 5.73 Å². The fourth-order valence-electron chi connectivity index (χ4n) is 1.82. The minimum Gasteiger partial charge on any atom is -0.325 e. The van der Waals surface area contributed by atoms with Gasteiger partial charge in [-0.1, -0.05) is 30.3 Å². The number of rotatable bonds is 4. The maximum atomic E-state index is 5.60. The Labute approximate surface area is 102 Å². The van der Waals surface area contributed by atoms with Crippen LogP contribution >= 0.6 is 0 Å². The molecular weight excluding hydrogens is 210 g/mol. The summed E-state index contributed by atoms with van der Waals surface area (Å²) in [4.78, 5) is 8.86. The lowest BCUT2D eigenvalue weighted by atomic mass is 10.1. The van der Waals surface area contributed by atoms with Gasteiger partial charge in [-0.2, -0.15) is 0 Å². The van der Waals surface area contributed by atoms with E-state index in [9.17, 15) is 0 Å². The van der Waals surface area contributed by atoms with Crippen molar-refractivity contribution in [2.45, 2.75) is 26.3 Å². The van der Waals surface area contributed by atoms with Crippen LogP contribution < -0.4 is 5.73 Å². The van der Waals surface area contributed by atoms with Crippen molar-refractivity contribution >= 4 is 0 Å². The van der Waals surface area contributed by atoms with Gasteiger partial charge in [-0.15, -0.1) is 0 Å². The van der Waals surface area contributed by atoms with Crippen molar-refractivity contribution in [3.8, 4) is 0 Å². The van der Waals surface area contributed by atoms with Crippen LogP contribution in [0.25, 0.3) is 0 Å². The number of hydrogen-bond acceptors (Lipinski definition) is 3. The molecule has 1 aromatic heterocycles. The zero-order valence-electron chi connectivity index (χ0n) is 10.1. The highest BCUT2D eigenvalue weighted by Gasteiger charge is 2.02. The van der Waals surface area contributed by atoms with Gasteiger partial charge in [0.25, 0.3) is 0 Å². The highest BCUT2D eigenvalue weighted by atomic mass is 14.9. The Hall–Kier alpha value is -1.74. The zero-order valence-corrected chi connectivity index (χ0v) is 10.1. The van der Waals surface area contributed by atoms with Crippen molar-refractivity contribution in [1.82, 2.24) is 9.97 Å². The molecule has 88 valence electrons. The van der Waals surface area contributed by atoms with Crippen molar-refractivity contribution < 1.29 is 0 Å². The fraction of sp³-hybridized carbons (Fsp3) is 0.286. The Balaban J connectivity index is 2.06. The molecule has 0 radical (unpaired) electrons. The molecule has 2 aromatic rings. The summed E-state index contributed by atoms with van der Waals surface area (Å²) < 4.78 is 0. The first-order chi connectivity index (χ1) is 8.28. The lowest BCUT2D eigenvalue weighted by Crippen LogP contribution is -2.06. The van der Waals surface area contributed by atoms with Crippen LogP contribution in [0.4, 0.5) is 0 Å². The van der Waals surface area contributed by atoms with E-state index in [1.165, 1.54) is 5.56 Å². The summed E-state index contributed by atoms with van der Waals surface area (Å²) in [5, 5.41) is 0. The molecular formula is C14H17N3. The first-order valence-corrected chi connectivity index (χ1v) is 5.85. The van der Waals surface area contributed by atoms with E-state index >= 15 is 0 Å². The maximum Gasteiger partial charge on any atom is 0.129 e. The monoisotopic (exact) mass is 227 g/mol. The van der Waals surface area contributed by atoms with E-state index in [1.54, 1.807) is 0 Å². The summed E-state index contributed by atoms with van der Waals surface area (Å²) in [5.41, 5.74) is 8.82. The molecule has 0 aliphatic rings. The second-order valence-electron chi connectivity index (χ2n) is 4.11. The van der Waals surface area contributed by atoms with Gasteiger partial charge in [-0.3, -0.25) is 0 Å². The first kappa shape index (κ1) is 11.7. The van der Waals surface area contributed by atoms with Crippen LogP contribution in [0, 0.1) is 6.92 Å². The molecule has 1 aromatic carbocycles. The van der Waals surface area contributed by atoms with Gasteiger partial charge in [-0.25, -0.2) is 9.97 Å². The van der Waals surface area contributed by atoms with Crippen LogP contribution in [0.5, 0.6) is 0 Å². The van der Waals surface area contributed by atoms with Crippen molar-refractivity contribution in [1.29, 1.82) is 0 Å². The molecule has 1 heterocycles. The molecule has 3 nitrogen and oxygen atoms in total. The predicted molar refractivity (Wildman–Crippen MR) is 68.5 cm³/mol. The lowest BCUT2D eigenvalue weighted by Gasteiger charge is -2.04. The SMILES string of the molecule is Cc1cc(CN)nc(CCc2ccccc2)n1. The number of nitrogens with two attached hydrogens (primary N) is 1. The van der Waals surface area contributed by atoms with Crippen LogP contribution in [0.1, 0.15) is 22.8 Å². The summed E-state index contributed by atoms with van der Waals surface area (Å²) in [6, 6.07) is 12.3. The third-order valence-corrected chi connectivity index (χ3v) is 2.64. The van der Waals surface area contributed by atoms with Crippen molar-refractivity contribution in [2.75, 3.05) is 0 Å². The van der Waals surface area contributed by atoms with Gasteiger partial charge in [0.2, 0.25) is 0 Å². The van der Waals surface area contributed by atoms with Crippen molar-refractivity contribution in [3.05, 3.63) is 59.2 Å². The number of benzene rings is 1. The highest BCUT2D eigenvalue weighted by molar-refractivity contribution is 5.16. The summed E-state index contributed by atoms with van der Waals surface area (Å²) in [6.45, 7) is 2.45. The van der Waals surface area contributed by atoms with Crippen LogP contribution in [0.3, 0.4) is 0 Å².